The Hall–Kier alpha value is -1.65. The first kappa shape index (κ1) is 15.4. The average Bonchev–Trinajstić information content (AvgIpc) is 2.39. The van der Waals surface area contributed by atoms with Crippen molar-refractivity contribution in [3.8, 4) is 0 Å². The van der Waals surface area contributed by atoms with Gasteiger partial charge in [0.25, 0.3) is 0 Å². The highest BCUT2D eigenvalue weighted by atomic mass is 19.1. The van der Waals surface area contributed by atoms with E-state index in [2.05, 4.69) is 19.2 Å². The summed E-state index contributed by atoms with van der Waals surface area (Å²) >= 11 is 0. The summed E-state index contributed by atoms with van der Waals surface area (Å²) in [5.74, 6) is -0.633. The highest BCUT2D eigenvalue weighted by molar-refractivity contribution is 5.73. The Morgan fingerprint density at radius 3 is 2.74 bits per heavy atom. The second kappa shape index (κ2) is 7.07. The number of carbonyl (C=O) groups is 1. The molecule has 0 heterocycles. The lowest BCUT2D eigenvalue weighted by atomic mass is 10.1. The Kier molecular flexibility index (Phi) is 5.73. The van der Waals surface area contributed by atoms with Gasteiger partial charge in [0.1, 0.15) is 11.6 Å². The zero-order valence-electron chi connectivity index (χ0n) is 11.5. The van der Waals surface area contributed by atoms with Gasteiger partial charge in [-0.15, -0.1) is 0 Å². The van der Waals surface area contributed by atoms with Crippen LogP contribution in [0.3, 0.4) is 0 Å². The fourth-order valence-electron chi connectivity index (χ4n) is 1.66. The van der Waals surface area contributed by atoms with Crippen LogP contribution in [0.25, 0.3) is 0 Å². The minimum Gasteiger partial charge on any atom is -0.334 e. The highest BCUT2D eigenvalue weighted by Crippen LogP contribution is 2.09. The molecule has 3 nitrogen and oxygen atoms in total. The third-order valence-corrected chi connectivity index (χ3v) is 3.07. The number of benzene rings is 1. The summed E-state index contributed by atoms with van der Waals surface area (Å²) in [7, 11) is 1.68. The van der Waals surface area contributed by atoms with Gasteiger partial charge in [-0.25, -0.2) is 13.6 Å². The second-order valence-electron chi connectivity index (χ2n) is 4.79. The minimum absolute atomic E-state index is 0.0206. The fourth-order valence-corrected chi connectivity index (χ4v) is 1.66. The van der Waals surface area contributed by atoms with E-state index in [0.29, 0.717) is 12.5 Å². The topological polar surface area (TPSA) is 32.3 Å². The van der Waals surface area contributed by atoms with Crippen LogP contribution in [0.4, 0.5) is 13.6 Å². The van der Waals surface area contributed by atoms with Gasteiger partial charge in [-0.05, 0) is 24.1 Å². The molecule has 1 rings (SSSR count). The molecule has 0 fully saturated rings. The maximum Gasteiger partial charge on any atom is 0.317 e. The van der Waals surface area contributed by atoms with Gasteiger partial charge in [0, 0.05) is 25.7 Å². The molecule has 0 saturated carbocycles. The number of hydrogen-bond acceptors (Lipinski definition) is 1. The predicted molar refractivity (Wildman–Crippen MR) is 70.7 cm³/mol. The van der Waals surface area contributed by atoms with Gasteiger partial charge in [-0.1, -0.05) is 20.3 Å². The maximum absolute atomic E-state index is 13.4. The zero-order chi connectivity index (χ0) is 14.4. The van der Waals surface area contributed by atoms with Gasteiger partial charge in [0.05, 0.1) is 0 Å². The first-order valence-corrected chi connectivity index (χ1v) is 6.37. The number of amides is 2. The smallest absolute Gasteiger partial charge is 0.317 e. The molecule has 19 heavy (non-hydrogen) atoms. The fraction of sp³-hybridized carbons (Fsp3) is 0.500. The van der Waals surface area contributed by atoms with E-state index in [1.54, 1.807) is 11.9 Å². The number of halogens is 2. The van der Waals surface area contributed by atoms with Crippen LogP contribution < -0.4 is 5.32 Å². The number of hydrogen-bond donors (Lipinski definition) is 1. The van der Waals surface area contributed by atoms with Crippen LogP contribution in [-0.4, -0.2) is 24.5 Å². The number of urea groups is 1. The molecule has 0 spiro atoms. The van der Waals surface area contributed by atoms with Crippen LogP contribution in [-0.2, 0) is 6.54 Å². The Labute approximate surface area is 112 Å². The molecular weight excluding hydrogens is 250 g/mol. The number of carbonyl (C=O) groups excluding carboxylic acids is 1. The van der Waals surface area contributed by atoms with E-state index in [1.165, 1.54) is 0 Å². The maximum atomic E-state index is 13.4. The lowest BCUT2D eigenvalue weighted by Crippen LogP contribution is -2.39. The van der Waals surface area contributed by atoms with Crippen molar-refractivity contribution in [3.05, 3.63) is 35.4 Å². The van der Waals surface area contributed by atoms with Crippen molar-refractivity contribution in [2.45, 2.75) is 26.8 Å². The molecule has 0 saturated heterocycles. The average molecular weight is 270 g/mol. The normalized spacial score (nSPS) is 12.1. The molecule has 0 aliphatic heterocycles. The van der Waals surface area contributed by atoms with Crippen LogP contribution in [0.5, 0.6) is 0 Å². The monoisotopic (exact) mass is 270 g/mol. The minimum atomic E-state index is -0.522. The highest BCUT2D eigenvalue weighted by Gasteiger charge is 2.12. The Balaban J connectivity index is 2.52. The van der Waals surface area contributed by atoms with Crippen molar-refractivity contribution in [2.24, 2.45) is 5.92 Å². The number of rotatable bonds is 5. The lowest BCUT2D eigenvalue weighted by Gasteiger charge is -2.21. The summed E-state index contributed by atoms with van der Waals surface area (Å²) in [4.78, 5) is 13.3. The van der Waals surface area contributed by atoms with Gasteiger partial charge in [0.15, 0.2) is 0 Å². The standard InChI is InChI=1S/C14H20F2N2O/c1-4-10(2)9-18(3)14(19)17-8-11-7-12(15)5-6-13(11)16/h5-7,10H,4,8-9H2,1-3H3,(H,17,19). The molecule has 2 amide bonds. The van der Waals surface area contributed by atoms with Crippen LogP contribution in [0, 0.1) is 17.6 Å². The summed E-state index contributed by atoms with van der Waals surface area (Å²) in [6.45, 7) is 4.72. The number of nitrogens with zero attached hydrogens (tertiary/aromatic N) is 1. The molecule has 1 atom stereocenters. The number of nitrogens with one attached hydrogen (secondary N) is 1. The van der Waals surface area contributed by atoms with Crippen molar-refractivity contribution in [1.29, 1.82) is 0 Å². The third-order valence-electron chi connectivity index (χ3n) is 3.07. The molecule has 0 bridgehead atoms. The van der Waals surface area contributed by atoms with Crippen LogP contribution in [0.2, 0.25) is 0 Å². The first-order chi connectivity index (χ1) is 8.93. The SMILES string of the molecule is CCC(C)CN(C)C(=O)NCc1cc(F)ccc1F. The zero-order valence-corrected chi connectivity index (χ0v) is 11.5. The third kappa shape index (κ3) is 4.85. The van der Waals surface area contributed by atoms with E-state index in [0.717, 1.165) is 24.6 Å². The summed E-state index contributed by atoms with van der Waals surface area (Å²) in [6.07, 6.45) is 0.982. The molecule has 1 aromatic carbocycles. The Morgan fingerprint density at radius 1 is 1.42 bits per heavy atom. The van der Waals surface area contributed by atoms with Crippen LogP contribution >= 0.6 is 0 Å². The van der Waals surface area contributed by atoms with E-state index in [-0.39, 0.29) is 18.1 Å². The van der Waals surface area contributed by atoms with Gasteiger partial charge < -0.3 is 10.2 Å². The van der Waals surface area contributed by atoms with E-state index in [9.17, 15) is 13.6 Å². The van der Waals surface area contributed by atoms with E-state index in [4.69, 9.17) is 0 Å². The predicted octanol–water partition coefficient (Wildman–Crippen LogP) is 3.15. The van der Waals surface area contributed by atoms with Crippen molar-refractivity contribution < 1.29 is 13.6 Å². The van der Waals surface area contributed by atoms with Crippen molar-refractivity contribution >= 4 is 6.03 Å². The Morgan fingerprint density at radius 2 is 2.11 bits per heavy atom. The van der Waals surface area contributed by atoms with E-state index >= 15 is 0 Å². The lowest BCUT2D eigenvalue weighted by molar-refractivity contribution is 0.201. The largest absolute Gasteiger partial charge is 0.334 e. The quantitative estimate of drug-likeness (QED) is 0.875. The van der Waals surface area contributed by atoms with Gasteiger partial charge >= 0.3 is 6.03 Å². The summed E-state index contributed by atoms with van der Waals surface area (Å²) in [6, 6.07) is 2.91. The van der Waals surface area contributed by atoms with Gasteiger partial charge in [-0.3, -0.25) is 0 Å². The second-order valence-corrected chi connectivity index (χ2v) is 4.79. The molecule has 0 aliphatic rings. The Bertz CT molecular complexity index is 437. The molecular formula is C14H20F2N2O. The summed E-state index contributed by atoms with van der Waals surface area (Å²) in [5, 5.41) is 2.58. The van der Waals surface area contributed by atoms with Gasteiger partial charge in [0.2, 0.25) is 0 Å². The molecule has 106 valence electrons. The molecule has 1 unspecified atom stereocenters. The van der Waals surface area contributed by atoms with Crippen molar-refractivity contribution in [3.63, 3.8) is 0 Å². The first-order valence-electron chi connectivity index (χ1n) is 6.37. The molecule has 1 N–H and O–H groups in total. The van der Waals surface area contributed by atoms with Crippen molar-refractivity contribution in [2.75, 3.05) is 13.6 Å². The molecule has 0 aromatic heterocycles. The molecule has 0 aliphatic carbocycles. The van der Waals surface area contributed by atoms with E-state index in [1.807, 2.05) is 0 Å². The summed E-state index contributed by atoms with van der Waals surface area (Å²) < 4.78 is 26.3. The molecule has 1 aromatic rings. The van der Waals surface area contributed by atoms with Crippen LogP contribution in [0.1, 0.15) is 25.8 Å². The van der Waals surface area contributed by atoms with Crippen LogP contribution in [0.15, 0.2) is 18.2 Å². The molecule has 5 heteroatoms. The van der Waals surface area contributed by atoms with Crippen molar-refractivity contribution in [1.82, 2.24) is 10.2 Å². The molecule has 0 radical (unpaired) electrons. The van der Waals surface area contributed by atoms with E-state index < -0.39 is 11.6 Å². The van der Waals surface area contributed by atoms with Gasteiger partial charge in [-0.2, -0.15) is 0 Å². The summed E-state index contributed by atoms with van der Waals surface area (Å²) in [5.41, 5.74) is 0.144.